The van der Waals surface area contributed by atoms with Crippen molar-refractivity contribution in [2.45, 2.75) is 31.8 Å². The van der Waals surface area contributed by atoms with Crippen molar-refractivity contribution in [1.82, 2.24) is 0 Å². The van der Waals surface area contributed by atoms with Gasteiger partial charge < -0.3 is 14.8 Å². The predicted octanol–water partition coefficient (Wildman–Crippen LogP) is 4.93. The lowest BCUT2D eigenvalue weighted by Crippen LogP contribution is -2.21. The molecule has 0 saturated heterocycles. The number of hydrogen-bond acceptors (Lipinski definition) is 3. The Bertz CT molecular complexity index is 747. The molecule has 0 aliphatic heterocycles. The van der Waals surface area contributed by atoms with Crippen molar-refractivity contribution in [2.24, 2.45) is 0 Å². The van der Waals surface area contributed by atoms with E-state index in [1.165, 1.54) is 25.0 Å². The molecule has 0 radical (unpaired) electrons. The lowest BCUT2D eigenvalue weighted by Gasteiger charge is -2.17. The Morgan fingerprint density at radius 3 is 2.68 bits per heavy atom. The van der Waals surface area contributed by atoms with Gasteiger partial charge in [-0.2, -0.15) is 0 Å². The predicted molar refractivity (Wildman–Crippen MR) is 97.6 cm³/mol. The summed E-state index contributed by atoms with van der Waals surface area (Å²) in [6.45, 7) is -0.281. The molecule has 0 aromatic heterocycles. The summed E-state index contributed by atoms with van der Waals surface area (Å²) in [5, 5.41) is 2.76. The van der Waals surface area contributed by atoms with Gasteiger partial charge in [0.25, 0.3) is 5.91 Å². The second-order valence-electron chi connectivity index (χ2n) is 5.93. The van der Waals surface area contributed by atoms with Crippen molar-refractivity contribution < 1.29 is 18.7 Å². The fourth-order valence-electron chi connectivity index (χ4n) is 2.78. The molecule has 6 heteroatoms. The van der Waals surface area contributed by atoms with E-state index in [-0.39, 0.29) is 24.4 Å². The maximum atomic E-state index is 13.7. The maximum absolute atomic E-state index is 13.7. The highest BCUT2D eigenvalue weighted by molar-refractivity contribution is 9.10. The molecule has 1 aliphatic rings. The third kappa shape index (κ3) is 4.95. The summed E-state index contributed by atoms with van der Waals surface area (Å²) >= 11 is 3.18. The first-order valence-corrected chi connectivity index (χ1v) is 9.04. The van der Waals surface area contributed by atoms with Crippen molar-refractivity contribution >= 4 is 27.5 Å². The van der Waals surface area contributed by atoms with Gasteiger partial charge in [0.15, 0.2) is 18.2 Å². The van der Waals surface area contributed by atoms with Crippen molar-refractivity contribution in [3.63, 3.8) is 0 Å². The Balaban J connectivity index is 1.59. The highest BCUT2D eigenvalue weighted by Crippen LogP contribution is 2.29. The molecule has 0 bridgehead atoms. The molecule has 25 heavy (non-hydrogen) atoms. The Labute approximate surface area is 154 Å². The van der Waals surface area contributed by atoms with Gasteiger partial charge in [-0.05, 0) is 56.0 Å². The van der Waals surface area contributed by atoms with Gasteiger partial charge in [-0.1, -0.05) is 28.1 Å². The van der Waals surface area contributed by atoms with Gasteiger partial charge in [-0.3, -0.25) is 4.79 Å². The van der Waals surface area contributed by atoms with Gasteiger partial charge in [-0.25, -0.2) is 4.39 Å². The van der Waals surface area contributed by atoms with Crippen LogP contribution in [0.3, 0.4) is 0 Å². The molecule has 1 amide bonds. The summed E-state index contributed by atoms with van der Waals surface area (Å²) in [6.07, 6.45) is 4.62. The second-order valence-corrected chi connectivity index (χ2v) is 6.85. The quantitative estimate of drug-likeness (QED) is 0.738. The van der Waals surface area contributed by atoms with Crippen LogP contribution in [0.4, 0.5) is 10.1 Å². The highest BCUT2D eigenvalue weighted by atomic mass is 79.9. The van der Waals surface area contributed by atoms with Crippen LogP contribution in [0.1, 0.15) is 25.7 Å². The fraction of sp³-hybridized carbons (Fsp3) is 0.316. The summed E-state index contributed by atoms with van der Waals surface area (Å²) in [7, 11) is 0. The average molecular weight is 408 g/mol. The zero-order chi connectivity index (χ0) is 17.6. The number of benzene rings is 2. The van der Waals surface area contributed by atoms with Gasteiger partial charge in [0.1, 0.15) is 5.75 Å². The number of hydrogen-bond donors (Lipinski definition) is 1. The number of carbonyl (C=O) groups is 1. The Morgan fingerprint density at radius 2 is 1.92 bits per heavy atom. The number of ether oxygens (including phenoxy) is 2. The van der Waals surface area contributed by atoms with Gasteiger partial charge in [0, 0.05) is 4.47 Å². The maximum Gasteiger partial charge on any atom is 0.262 e. The molecular formula is C19H19BrFNO3. The molecule has 1 saturated carbocycles. The Hall–Kier alpha value is -2.08. The largest absolute Gasteiger partial charge is 0.488 e. The highest BCUT2D eigenvalue weighted by Gasteiger charge is 2.18. The normalized spacial score (nSPS) is 14.3. The standard InChI is InChI=1S/C19H19BrFNO3/c20-13-9-10-17(15(21)11-13)24-12-19(23)22-16-7-3-4-8-18(16)25-14-5-1-2-6-14/h3-4,7-11,14H,1-2,5-6,12H2,(H,22,23). The van der Waals surface area contributed by atoms with Crippen LogP contribution in [0.2, 0.25) is 0 Å². The lowest BCUT2D eigenvalue weighted by molar-refractivity contribution is -0.118. The lowest BCUT2D eigenvalue weighted by atomic mass is 10.2. The van der Waals surface area contributed by atoms with Gasteiger partial charge in [-0.15, -0.1) is 0 Å². The van der Waals surface area contributed by atoms with Crippen LogP contribution in [-0.4, -0.2) is 18.6 Å². The second kappa shape index (κ2) is 8.34. The van der Waals surface area contributed by atoms with E-state index in [9.17, 15) is 9.18 Å². The van der Waals surface area contributed by atoms with Crippen LogP contribution in [0.25, 0.3) is 0 Å². The molecule has 1 N–H and O–H groups in total. The number of anilines is 1. The van der Waals surface area contributed by atoms with E-state index in [1.54, 1.807) is 12.1 Å². The van der Waals surface area contributed by atoms with E-state index >= 15 is 0 Å². The fourth-order valence-corrected chi connectivity index (χ4v) is 3.11. The number of nitrogens with one attached hydrogen (secondary N) is 1. The van der Waals surface area contributed by atoms with Crippen molar-refractivity contribution in [1.29, 1.82) is 0 Å². The summed E-state index contributed by atoms with van der Waals surface area (Å²) in [5.41, 5.74) is 0.597. The zero-order valence-electron chi connectivity index (χ0n) is 13.6. The molecule has 2 aromatic rings. The third-order valence-corrected chi connectivity index (χ3v) is 4.50. The molecule has 1 fully saturated rings. The Kier molecular flexibility index (Phi) is 5.91. The van der Waals surface area contributed by atoms with Crippen LogP contribution in [-0.2, 0) is 4.79 Å². The monoisotopic (exact) mass is 407 g/mol. The summed E-state index contributed by atoms with van der Waals surface area (Å²) in [6, 6.07) is 11.7. The molecule has 0 atom stereocenters. The molecule has 3 rings (SSSR count). The number of carbonyl (C=O) groups excluding carboxylic acids is 1. The van der Waals surface area contributed by atoms with E-state index in [1.807, 2.05) is 18.2 Å². The molecule has 1 aliphatic carbocycles. The van der Waals surface area contributed by atoms with Crippen LogP contribution in [0.5, 0.6) is 11.5 Å². The smallest absolute Gasteiger partial charge is 0.262 e. The van der Waals surface area contributed by atoms with Crippen LogP contribution < -0.4 is 14.8 Å². The van der Waals surface area contributed by atoms with Crippen LogP contribution in [0.15, 0.2) is 46.9 Å². The van der Waals surface area contributed by atoms with Crippen molar-refractivity contribution in [3.05, 3.63) is 52.8 Å². The van der Waals surface area contributed by atoms with E-state index in [4.69, 9.17) is 9.47 Å². The minimum absolute atomic E-state index is 0.0360. The molecule has 4 nitrogen and oxygen atoms in total. The minimum atomic E-state index is -0.521. The van der Waals surface area contributed by atoms with Crippen LogP contribution in [0, 0.1) is 5.82 Å². The first kappa shape index (κ1) is 17.7. The van der Waals surface area contributed by atoms with E-state index in [2.05, 4.69) is 21.2 Å². The number of para-hydroxylation sites is 2. The third-order valence-electron chi connectivity index (χ3n) is 4.01. The van der Waals surface area contributed by atoms with Crippen LogP contribution >= 0.6 is 15.9 Å². The van der Waals surface area contributed by atoms with Gasteiger partial charge in [0.05, 0.1) is 11.8 Å². The van der Waals surface area contributed by atoms with Gasteiger partial charge in [0.2, 0.25) is 0 Å². The molecule has 132 valence electrons. The molecule has 2 aromatic carbocycles. The molecule has 0 heterocycles. The first-order chi connectivity index (χ1) is 12.1. The molecule has 0 spiro atoms. The van der Waals surface area contributed by atoms with Crippen molar-refractivity contribution in [3.8, 4) is 11.5 Å². The summed E-state index contributed by atoms with van der Waals surface area (Å²) in [4.78, 5) is 12.1. The summed E-state index contributed by atoms with van der Waals surface area (Å²) in [5.74, 6) is -0.205. The SMILES string of the molecule is O=C(COc1ccc(Br)cc1F)Nc1ccccc1OC1CCCC1. The average Bonchev–Trinajstić information content (AvgIpc) is 3.09. The number of amides is 1. The number of rotatable bonds is 6. The van der Waals surface area contributed by atoms with Crippen molar-refractivity contribution in [2.75, 3.05) is 11.9 Å². The topological polar surface area (TPSA) is 47.6 Å². The van der Waals surface area contributed by atoms with E-state index in [0.29, 0.717) is 15.9 Å². The van der Waals surface area contributed by atoms with E-state index in [0.717, 1.165) is 12.8 Å². The number of halogens is 2. The zero-order valence-corrected chi connectivity index (χ0v) is 15.2. The summed E-state index contributed by atoms with van der Waals surface area (Å²) < 4.78 is 25.6. The minimum Gasteiger partial charge on any atom is -0.488 e. The van der Waals surface area contributed by atoms with Gasteiger partial charge >= 0.3 is 0 Å². The van der Waals surface area contributed by atoms with E-state index < -0.39 is 5.82 Å². The molecular weight excluding hydrogens is 389 g/mol. The first-order valence-electron chi connectivity index (χ1n) is 8.25. The Morgan fingerprint density at radius 1 is 1.16 bits per heavy atom. The molecule has 0 unspecified atom stereocenters.